The summed E-state index contributed by atoms with van der Waals surface area (Å²) in [5.41, 5.74) is 12.2. The van der Waals surface area contributed by atoms with Gasteiger partial charge in [-0.05, 0) is 40.0 Å². The van der Waals surface area contributed by atoms with Crippen molar-refractivity contribution >= 4 is 45.2 Å². The van der Waals surface area contributed by atoms with Crippen molar-refractivity contribution in [3.63, 3.8) is 0 Å². The predicted octanol–water partition coefficient (Wildman–Crippen LogP) is 2.43. The molecule has 1 aliphatic heterocycles. The van der Waals surface area contributed by atoms with Gasteiger partial charge in [0.25, 0.3) is 5.91 Å². The molecule has 3 rings (SSSR count). The predicted molar refractivity (Wildman–Crippen MR) is 114 cm³/mol. The van der Waals surface area contributed by atoms with Crippen LogP contribution in [0.4, 0.5) is 16.4 Å². The SMILES string of the molecule is CCc1nc(N2CCC(NC(=O)OC(C)(C)C)CC2)nc2sc(C(N)=O)c(N)c12. The Morgan fingerprint density at radius 2 is 1.93 bits per heavy atom. The average Bonchev–Trinajstić information content (AvgIpc) is 2.97. The van der Waals surface area contributed by atoms with Crippen molar-refractivity contribution in [1.29, 1.82) is 0 Å². The summed E-state index contributed by atoms with van der Waals surface area (Å²) in [6.45, 7) is 8.93. The number of nitrogens with zero attached hydrogens (tertiary/aromatic N) is 3. The van der Waals surface area contributed by atoms with Gasteiger partial charge in [0, 0.05) is 19.1 Å². The van der Waals surface area contributed by atoms with E-state index in [4.69, 9.17) is 16.2 Å². The lowest BCUT2D eigenvalue weighted by atomic mass is 10.1. The van der Waals surface area contributed by atoms with E-state index in [0.29, 0.717) is 40.9 Å². The van der Waals surface area contributed by atoms with Crippen molar-refractivity contribution in [1.82, 2.24) is 15.3 Å². The maximum absolute atomic E-state index is 12.0. The van der Waals surface area contributed by atoms with Crippen molar-refractivity contribution < 1.29 is 14.3 Å². The molecular formula is C19H28N6O3S. The number of carbonyl (C=O) groups excluding carboxylic acids is 2. The molecule has 0 spiro atoms. The number of amides is 2. The van der Waals surface area contributed by atoms with Crippen LogP contribution >= 0.6 is 11.3 Å². The molecular weight excluding hydrogens is 392 g/mol. The number of hydrogen-bond donors (Lipinski definition) is 3. The first-order chi connectivity index (χ1) is 13.6. The molecule has 2 amide bonds. The maximum atomic E-state index is 12.0. The first kappa shape index (κ1) is 21.1. The van der Waals surface area contributed by atoms with E-state index >= 15 is 0 Å². The van der Waals surface area contributed by atoms with Crippen LogP contribution in [0.25, 0.3) is 10.2 Å². The fourth-order valence-electron chi connectivity index (χ4n) is 3.36. The Morgan fingerprint density at radius 3 is 2.48 bits per heavy atom. The first-order valence-corrected chi connectivity index (χ1v) is 10.5. The van der Waals surface area contributed by atoms with Gasteiger partial charge in [0.1, 0.15) is 15.3 Å². The molecule has 0 aliphatic carbocycles. The van der Waals surface area contributed by atoms with Crippen LogP contribution in [-0.2, 0) is 11.2 Å². The largest absolute Gasteiger partial charge is 0.444 e. The van der Waals surface area contributed by atoms with Gasteiger partial charge in [-0.25, -0.2) is 14.8 Å². The van der Waals surface area contributed by atoms with Gasteiger partial charge in [0.05, 0.1) is 16.8 Å². The molecule has 0 bridgehead atoms. The summed E-state index contributed by atoms with van der Waals surface area (Å²) in [5, 5.41) is 3.65. The zero-order valence-electron chi connectivity index (χ0n) is 17.2. The summed E-state index contributed by atoms with van der Waals surface area (Å²) in [7, 11) is 0. The van der Waals surface area contributed by atoms with Crippen LogP contribution in [0.3, 0.4) is 0 Å². The standard InChI is InChI=1S/C19H28N6O3S/c1-5-11-12-13(20)14(15(21)26)29-16(12)24-17(23-11)25-8-6-10(7-9-25)22-18(27)28-19(2,3)4/h10H,5-9,20H2,1-4H3,(H2,21,26)(H,22,27). The van der Waals surface area contributed by atoms with Crippen molar-refractivity contribution in [2.24, 2.45) is 5.73 Å². The molecule has 0 radical (unpaired) electrons. The molecule has 9 nitrogen and oxygen atoms in total. The molecule has 1 aliphatic rings. The minimum absolute atomic E-state index is 0.0503. The Labute approximate surface area is 173 Å². The molecule has 2 aromatic heterocycles. The fraction of sp³-hybridized carbons (Fsp3) is 0.579. The highest BCUT2D eigenvalue weighted by atomic mass is 32.1. The van der Waals surface area contributed by atoms with Crippen LogP contribution in [0.15, 0.2) is 0 Å². The van der Waals surface area contributed by atoms with E-state index in [1.807, 2.05) is 27.7 Å². The van der Waals surface area contributed by atoms with Crippen LogP contribution in [0, 0.1) is 0 Å². The summed E-state index contributed by atoms with van der Waals surface area (Å²) >= 11 is 1.20. The normalized spacial score (nSPS) is 15.5. The minimum atomic E-state index is -0.553. The lowest BCUT2D eigenvalue weighted by Crippen LogP contribution is -2.46. The summed E-state index contributed by atoms with van der Waals surface area (Å²) in [5.74, 6) is 0.0606. The van der Waals surface area contributed by atoms with Crippen molar-refractivity contribution in [3.8, 4) is 0 Å². The highest BCUT2D eigenvalue weighted by molar-refractivity contribution is 7.21. The molecule has 2 aromatic rings. The Kier molecular flexibility index (Phi) is 5.83. The highest BCUT2D eigenvalue weighted by Gasteiger charge is 2.26. The monoisotopic (exact) mass is 420 g/mol. The van der Waals surface area contributed by atoms with Gasteiger partial charge >= 0.3 is 6.09 Å². The second kappa shape index (κ2) is 8.02. The van der Waals surface area contributed by atoms with Crippen molar-refractivity contribution in [2.75, 3.05) is 23.7 Å². The number of hydrogen-bond acceptors (Lipinski definition) is 8. The van der Waals surface area contributed by atoms with E-state index in [1.165, 1.54) is 11.3 Å². The number of aromatic nitrogens is 2. The van der Waals surface area contributed by atoms with Gasteiger partial charge < -0.3 is 26.4 Å². The molecule has 5 N–H and O–H groups in total. The number of thiophene rings is 1. The second-order valence-electron chi connectivity index (χ2n) is 8.12. The summed E-state index contributed by atoms with van der Waals surface area (Å²) in [6.07, 6.45) is 1.81. The van der Waals surface area contributed by atoms with Crippen molar-refractivity contribution in [2.45, 2.75) is 58.6 Å². The van der Waals surface area contributed by atoms with Gasteiger partial charge in [0.15, 0.2) is 0 Å². The van der Waals surface area contributed by atoms with Crippen molar-refractivity contribution in [3.05, 3.63) is 10.6 Å². The summed E-state index contributed by atoms with van der Waals surface area (Å²) in [4.78, 5) is 36.0. The molecule has 0 saturated carbocycles. The Balaban J connectivity index is 1.74. The molecule has 3 heterocycles. The van der Waals surface area contributed by atoms with Gasteiger partial charge in [0.2, 0.25) is 5.95 Å². The fourth-order valence-corrected chi connectivity index (χ4v) is 4.32. The number of fused-ring (bicyclic) bond motifs is 1. The van der Waals surface area contributed by atoms with Crippen LogP contribution in [0.5, 0.6) is 0 Å². The Bertz CT molecular complexity index is 928. The number of alkyl carbamates (subject to hydrolysis) is 1. The number of rotatable bonds is 4. The molecule has 0 unspecified atom stereocenters. The van der Waals surface area contributed by atoms with Crippen LogP contribution in [-0.4, -0.2) is 46.7 Å². The number of ether oxygens (including phenoxy) is 1. The topological polar surface area (TPSA) is 136 Å². The number of anilines is 2. The zero-order valence-corrected chi connectivity index (χ0v) is 18.1. The lowest BCUT2D eigenvalue weighted by Gasteiger charge is -2.33. The van der Waals surface area contributed by atoms with Crippen LogP contribution in [0.1, 0.15) is 55.9 Å². The lowest BCUT2D eigenvalue weighted by molar-refractivity contribution is 0.0497. The maximum Gasteiger partial charge on any atom is 0.407 e. The molecule has 10 heteroatoms. The Morgan fingerprint density at radius 1 is 1.28 bits per heavy atom. The smallest absolute Gasteiger partial charge is 0.407 e. The highest BCUT2D eigenvalue weighted by Crippen LogP contribution is 2.35. The molecule has 1 fully saturated rings. The van der Waals surface area contributed by atoms with E-state index in [0.717, 1.165) is 23.9 Å². The van der Waals surface area contributed by atoms with E-state index < -0.39 is 17.6 Å². The third-order valence-corrected chi connectivity index (χ3v) is 5.82. The molecule has 0 aromatic carbocycles. The van der Waals surface area contributed by atoms with Gasteiger partial charge in [-0.1, -0.05) is 6.92 Å². The van der Waals surface area contributed by atoms with E-state index in [9.17, 15) is 9.59 Å². The summed E-state index contributed by atoms with van der Waals surface area (Å²) < 4.78 is 5.33. The number of piperidine rings is 1. The number of aryl methyl sites for hydroxylation is 1. The molecule has 0 atom stereocenters. The molecule has 158 valence electrons. The van der Waals surface area contributed by atoms with Gasteiger partial charge in [-0.3, -0.25) is 4.79 Å². The zero-order chi connectivity index (χ0) is 21.3. The Hall–Kier alpha value is -2.62. The summed E-state index contributed by atoms with van der Waals surface area (Å²) in [6, 6.07) is 0.0503. The van der Waals surface area contributed by atoms with E-state index in [-0.39, 0.29) is 6.04 Å². The number of nitrogen functional groups attached to an aromatic ring is 1. The minimum Gasteiger partial charge on any atom is -0.444 e. The van der Waals surface area contributed by atoms with Crippen LogP contribution in [0.2, 0.25) is 0 Å². The average molecular weight is 421 g/mol. The number of nitrogens with one attached hydrogen (secondary N) is 1. The third-order valence-electron chi connectivity index (χ3n) is 4.71. The second-order valence-corrected chi connectivity index (χ2v) is 9.12. The number of primary amides is 1. The van der Waals surface area contributed by atoms with E-state index in [1.54, 1.807) is 0 Å². The van der Waals surface area contributed by atoms with Gasteiger partial charge in [-0.15, -0.1) is 11.3 Å². The van der Waals surface area contributed by atoms with E-state index in [2.05, 4.69) is 20.2 Å². The molecule has 29 heavy (non-hydrogen) atoms. The first-order valence-electron chi connectivity index (χ1n) is 9.72. The molecule has 1 saturated heterocycles. The number of carbonyl (C=O) groups is 2. The van der Waals surface area contributed by atoms with Crippen LogP contribution < -0.4 is 21.7 Å². The number of nitrogens with two attached hydrogens (primary N) is 2. The van der Waals surface area contributed by atoms with Gasteiger partial charge in [-0.2, -0.15) is 0 Å². The quantitative estimate of drug-likeness (QED) is 0.691. The third kappa shape index (κ3) is 4.69.